The molecule has 0 aromatic carbocycles. The summed E-state index contributed by atoms with van der Waals surface area (Å²) in [5.74, 6) is 1.46. The van der Waals surface area contributed by atoms with Gasteiger partial charge < -0.3 is 5.32 Å². The average molecular weight is 199 g/mol. The van der Waals surface area contributed by atoms with Crippen LogP contribution in [0.3, 0.4) is 0 Å². The van der Waals surface area contributed by atoms with Crippen LogP contribution in [0.25, 0.3) is 0 Å². The molecule has 0 radical (unpaired) electrons. The van der Waals surface area contributed by atoms with E-state index in [0.29, 0.717) is 5.75 Å². The molecule has 1 aliphatic heterocycles. The Hall–Kier alpha value is -0.680. The largest absolute Gasteiger partial charge is 0.307 e. The minimum atomic E-state index is -0.673. The first-order valence-electron chi connectivity index (χ1n) is 4.35. The number of hydrogen-bond acceptors (Lipinski definition) is 3. The summed E-state index contributed by atoms with van der Waals surface area (Å²) >= 11 is 0. The molecule has 0 spiro atoms. The summed E-state index contributed by atoms with van der Waals surface area (Å²) in [4.78, 5) is 0. The zero-order valence-electron chi connectivity index (χ0n) is 7.54. The van der Waals surface area contributed by atoms with E-state index in [0.717, 1.165) is 23.6 Å². The first-order chi connectivity index (χ1) is 6.27. The third kappa shape index (κ3) is 1.81. The normalized spacial score (nSPS) is 29.0. The molecule has 0 aliphatic carbocycles. The van der Waals surface area contributed by atoms with Gasteiger partial charge >= 0.3 is 0 Å². The molecular formula is C8H13N3OS. The molecular weight excluding hydrogens is 186 g/mol. The molecule has 2 unspecified atom stereocenters. The molecule has 4 nitrogen and oxygen atoms in total. The minimum absolute atomic E-state index is 0.192. The summed E-state index contributed by atoms with van der Waals surface area (Å²) < 4.78 is 11.3. The molecule has 2 heterocycles. The van der Waals surface area contributed by atoms with E-state index in [1.807, 2.05) is 6.92 Å². The van der Waals surface area contributed by atoms with Crippen LogP contribution in [0, 0.1) is 6.92 Å². The summed E-state index contributed by atoms with van der Waals surface area (Å²) in [7, 11) is -0.673. The molecule has 72 valence electrons. The van der Waals surface area contributed by atoms with Crippen LogP contribution in [0.15, 0.2) is 6.20 Å². The fourth-order valence-electron chi connectivity index (χ4n) is 1.57. The number of nitrogens with zero attached hydrogens (tertiary/aromatic N) is 1. The van der Waals surface area contributed by atoms with E-state index in [2.05, 4.69) is 15.5 Å². The highest BCUT2D eigenvalue weighted by Gasteiger charge is 2.21. The molecule has 13 heavy (non-hydrogen) atoms. The van der Waals surface area contributed by atoms with Crippen molar-refractivity contribution in [2.75, 3.05) is 18.1 Å². The monoisotopic (exact) mass is 199 g/mol. The van der Waals surface area contributed by atoms with Crippen LogP contribution in [-0.4, -0.2) is 32.5 Å². The summed E-state index contributed by atoms with van der Waals surface area (Å²) in [5, 5.41) is 10.2. The molecule has 0 amide bonds. The van der Waals surface area contributed by atoms with Crippen molar-refractivity contribution in [1.29, 1.82) is 0 Å². The highest BCUT2D eigenvalue weighted by atomic mass is 32.2. The van der Waals surface area contributed by atoms with Gasteiger partial charge in [-0.15, -0.1) is 0 Å². The van der Waals surface area contributed by atoms with Crippen molar-refractivity contribution in [2.24, 2.45) is 0 Å². The van der Waals surface area contributed by atoms with Crippen LogP contribution in [0.5, 0.6) is 0 Å². The zero-order chi connectivity index (χ0) is 9.26. The third-order valence-electron chi connectivity index (χ3n) is 2.29. The number of aryl methyl sites for hydroxylation is 1. The number of H-pyrrole nitrogens is 1. The third-order valence-corrected chi connectivity index (χ3v) is 3.65. The predicted octanol–water partition coefficient (Wildman–Crippen LogP) is 0.111. The predicted molar refractivity (Wildman–Crippen MR) is 51.9 cm³/mol. The van der Waals surface area contributed by atoms with Crippen molar-refractivity contribution in [3.05, 3.63) is 17.5 Å². The van der Waals surface area contributed by atoms with E-state index in [9.17, 15) is 4.21 Å². The van der Waals surface area contributed by atoms with E-state index in [-0.39, 0.29) is 6.04 Å². The Morgan fingerprint density at radius 3 is 3.15 bits per heavy atom. The zero-order valence-corrected chi connectivity index (χ0v) is 8.36. The standard InChI is InChI=1S/C8H13N3OS/c1-6-4-10-11-8(6)7-5-13(12)3-2-9-7/h4,7,9H,2-3,5H2,1H3,(H,10,11). The van der Waals surface area contributed by atoms with Gasteiger partial charge in [0, 0.05) is 28.9 Å². The summed E-state index contributed by atoms with van der Waals surface area (Å²) in [6, 6.07) is 0.192. The lowest BCUT2D eigenvalue weighted by molar-refractivity contribution is 0.557. The molecule has 1 fully saturated rings. The highest BCUT2D eigenvalue weighted by Crippen LogP contribution is 2.17. The Morgan fingerprint density at radius 1 is 1.69 bits per heavy atom. The smallest absolute Gasteiger partial charge is 0.0609 e. The van der Waals surface area contributed by atoms with Gasteiger partial charge in [-0.1, -0.05) is 0 Å². The van der Waals surface area contributed by atoms with E-state index in [1.165, 1.54) is 0 Å². The summed E-state index contributed by atoms with van der Waals surface area (Å²) in [5.41, 5.74) is 2.21. The Labute approximate surface area is 79.6 Å². The second-order valence-electron chi connectivity index (χ2n) is 3.28. The Balaban J connectivity index is 2.17. The lowest BCUT2D eigenvalue weighted by Gasteiger charge is -2.22. The van der Waals surface area contributed by atoms with Crippen molar-refractivity contribution < 1.29 is 4.21 Å². The van der Waals surface area contributed by atoms with Gasteiger partial charge in [0.05, 0.1) is 17.9 Å². The van der Waals surface area contributed by atoms with Crippen LogP contribution in [0.4, 0.5) is 0 Å². The van der Waals surface area contributed by atoms with Gasteiger partial charge in [-0.25, -0.2) is 0 Å². The molecule has 2 rings (SSSR count). The van der Waals surface area contributed by atoms with Crippen molar-refractivity contribution in [2.45, 2.75) is 13.0 Å². The van der Waals surface area contributed by atoms with Crippen molar-refractivity contribution in [3.63, 3.8) is 0 Å². The lowest BCUT2D eigenvalue weighted by Crippen LogP contribution is -2.36. The molecule has 2 atom stereocenters. The maximum atomic E-state index is 11.3. The van der Waals surface area contributed by atoms with Gasteiger partial charge in [-0.05, 0) is 12.5 Å². The van der Waals surface area contributed by atoms with Gasteiger partial charge in [0.2, 0.25) is 0 Å². The van der Waals surface area contributed by atoms with Gasteiger partial charge in [0.1, 0.15) is 0 Å². The fourth-order valence-corrected chi connectivity index (χ4v) is 2.74. The van der Waals surface area contributed by atoms with Crippen LogP contribution in [-0.2, 0) is 10.8 Å². The van der Waals surface area contributed by atoms with Crippen molar-refractivity contribution in [1.82, 2.24) is 15.5 Å². The second kappa shape index (κ2) is 3.59. The molecule has 1 aromatic rings. The number of nitrogens with one attached hydrogen (secondary N) is 2. The first-order valence-corrected chi connectivity index (χ1v) is 5.84. The molecule has 5 heteroatoms. The highest BCUT2D eigenvalue weighted by molar-refractivity contribution is 7.85. The van der Waals surface area contributed by atoms with Gasteiger partial charge in [0.25, 0.3) is 0 Å². The molecule has 0 saturated carbocycles. The van der Waals surface area contributed by atoms with E-state index < -0.39 is 10.8 Å². The van der Waals surface area contributed by atoms with Gasteiger partial charge in [0.15, 0.2) is 0 Å². The fraction of sp³-hybridized carbons (Fsp3) is 0.625. The maximum Gasteiger partial charge on any atom is 0.0609 e. The Morgan fingerprint density at radius 2 is 2.54 bits per heavy atom. The topological polar surface area (TPSA) is 57.8 Å². The number of rotatable bonds is 1. The average Bonchev–Trinajstić information content (AvgIpc) is 2.51. The van der Waals surface area contributed by atoms with Crippen LogP contribution in [0.2, 0.25) is 0 Å². The second-order valence-corrected chi connectivity index (χ2v) is 4.91. The number of aromatic amines is 1. The minimum Gasteiger partial charge on any atom is -0.307 e. The molecule has 1 aliphatic rings. The Bertz CT molecular complexity index is 323. The first kappa shape index (κ1) is 8.90. The number of aromatic nitrogens is 2. The SMILES string of the molecule is Cc1cn[nH]c1C1CS(=O)CCN1. The van der Waals surface area contributed by atoms with Crippen LogP contribution >= 0.6 is 0 Å². The molecule has 0 bridgehead atoms. The maximum absolute atomic E-state index is 11.3. The summed E-state index contributed by atoms with van der Waals surface area (Å²) in [6.45, 7) is 2.84. The molecule has 1 saturated heterocycles. The van der Waals surface area contributed by atoms with Crippen molar-refractivity contribution >= 4 is 10.8 Å². The van der Waals surface area contributed by atoms with Crippen molar-refractivity contribution in [3.8, 4) is 0 Å². The summed E-state index contributed by atoms with van der Waals surface area (Å²) in [6.07, 6.45) is 1.80. The quantitative estimate of drug-likeness (QED) is 0.675. The molecule has 2 N–H and O–H groups in total. The van der Waals surface area contributed by atoms with E-state index in [4.69, 9.17) is 0 Å². The van der Waals surface area contributed by atoms with Crippen LogP contribution < -0.4 is 5.32 Å². The van der Waals surface area contributed by atoms with Crippen LogP contribution in [0.1, 0.15) is 17.3 Å². The van der Waals surface area contributed by atoms with Gasteiger partial charge in [-0.2, -0.15) is 5.10 Å². The van der Waals surface area contributed by atoms with E-state index in [1.54, 1.807) is 6.20 Å². The van der Waals surface area contributed by atoms with Gasteiger partial charge in [-0.3, -0.25) is 9.31 Å². The lowest BCUT2D eigenvalue weighted by atomic mass is 10.1. The van der Waals surface area contributed by atoms with E-state index >= 15 is 0 Å². The molecule has 1 aromatic heterocycles. The number of hydrogen-bond donors (Lipinski definition) is 2. The Kier molecular flexibility index (Phi) is 2.46.